The first kappa shape index (κ1) is 24.1. The van der Waals surface area contributed by atoms with Crippen molar-refractivity contribution in [3.63, 3.8) is 0 Å². The maximum Gasteiger partial charge on any atom is 0.457 e. The van der Waals surface area contributed by atoms with Gasteiger partial charge in [0.05, 0.1) is 6.61 Å². The molecule has 13 heteroatoms. The van der Waals surface area contributed by atoms with E-state index in [0.29, 0.717) is 12.1 Å². The first-order chi connectivity index (χ1) is 12.5. The van der Waals surface area contributed by atoms with E-state index in [1.54, 1.807) is 0 Å². The molecule has 0 aliphatic heterocycles. The second kappa shape index (κ2) is 7.85. The number of benzene rings is 1. The molecule has 3 nitrogen and oxygen atoms in total. The first-order valence-corrected chi connectivity index (χ1v) is 7.36. The number of halogens is 10. The summed E-state index contributed by atoms with van der Waals surface area (Å²) in [5, 5.41) is 0. The van der Waals surface area contributed by atoms with Crippen LogP contribution in [0, 0.1) is 0 Å². The summed E-state index contributed by atoms with van der Waals surface area (Å²) in [6.45, 7) is -0.253. The fraction of sp³-hybridized carbons (Fsp3) is 0.533. The molecule has 1 aromatic carbocycles. The fourth-order valence-electron chi connectivity index (χ4n) is 1.82. The summed E-state index contributed by atoms with van der Waals surface area (Å²) >= 11 is 0. The predicted molar refractivity (Wildman–Crippen MR) is 72.8 cm³/mol. The Morgan fingerprint density at radius 2 is 1.36 bits per heavy atom. The summed E-state index contributed by atoms with van der Waals surface area (Å²) in [7, 11) is 0. The molecule has 160 valence electrons. The van der Waals surface area contributed by atoms with E-state index < -0.39 is 54.5 Å². The standard InChI is InChI=1S/C15H12F10O3/c1-2-8-27-12(17,14(21,22)23)15(24,25)28-11(16,13(18,19)20)10(26)9-6-4-3-5-7-9/h3-7H,2,8H2,1H3/t11-,12-/m1/s1. The van der Waals surface area contributed by atoms with Crippen LogP contribution in [0.5, 0.6) is 0 Å². The minimum atomic E-state index is -6.63. The average Bonchev–Trinajstić information content (AvgIpc) is 2.57. The lowest BCUT2D eigenvalue weighted by Gasteiger charge is -2.37. The van der Waals surface area contributed by atoms with Gasteiger partial charge in [-0.15, -0.1) is 0 Å². The van der Waals surface area contributed by atoms with Crippen LogP contribution in [0.1, 0.15) is 23.7 Å². The van der Waals surface area contributed by atoms with Gasteiger partial charge in [-0.2, -0.15) is 43.9 Å². The van der Waals surface area contributed by atoms with E-state index in [2.05, 4.69) is 9.47 Å². The van der Waals surface area contributed by atoms with Crippen molar-refractivity contribution in [2.45, 2.75) is 43.5 Å². The topological polar surface area (TPSA) is 35.5 Å². The van der Waals surface area contributed by atoms with Crippen molar-refractivity contribution in [3.8, 4) is 0 Å². The van der Waals surface area contributed by atoms with Gasteiger partial charge >= 0.3 is 30.2 Å². The van der Waals surface area contributed by atoms with Crippen LogP contribution in [0.2, 0.25) is 0 Å². The van der Waals surface area contributed by atoms with Gasteiger partial charge in [-0.25, -0.2) is 0 Å². The molecule has 0 heterocycles. The minimum absolute atomic E-state index is 0.458. The van der Waals surface area contributed by atoms with Crippen molar-refractivity contribution in [1.29, 1.82) is 0 Å². The molecule has 0 saturated carbocycles. The predicted octanol–water partition coefficient (Wildman–Crippen LogP) is 5.36. The van der Waals surface area contributed by atoms with Crippen LogP contribution >= 0.6 is 0 Å². The van der Waals surface area contributed by atoms with Crippen molar-refractivity contribution in [1.82, 2.24) is 0 Å². The van der Waals surface area contributed by atoms with E-state index in [0.717, 1.165) is 25.1 Å². The smallest absolute Gasteiger partial charge is 0.332 e. The molecule has 1 aromatic rings. The summed E-state index contributed by atoms with van der Waals surface area (Å²) < 4.78 is 139. The highest BCUT2D eigenvalue weighted by atomic mass is 19.4. The van der Waals surface area contributed by atoms with E-state index in [4.69, 9.17) is 0 Å². The third kappa shape index (κ3) is 4.40. The number of rotatable bonds is 8. The van der Waals surface area contributed by atoms with E-state index in [-0.39, 0.29) is 0 Å². The maximum absolute atomic E-state index is 14.3. The van der Waals surface area contributed by atoms with Gasteiger partial charge in [-0.05, 0) is 6.42 Å². The molecule has 0 spiro atoms. The molecule has 0 radical (unpaired) electrons. The molecule has 0 aliphatic carbocycles. The van der Waals surface area contributed by atoms with Gasteiger partial charge in [0.2, 0.25) is 5.78 Å². The van der Waals surface area contributed by atoms with Crippen LogP contribution < -0.4 is 0 Å². The molecule has 1 rings (SSSR count). The Kier molecular flexibility index (Phi) is 6.77. The second-order valence-corrected chi connectivity index (χ2v) is 5.35. The van der Waals surface area contributed by atoms with Crippen molar-refractivity contribution >= 4 is 5.78 Å². The quantitative estimate of drug-likeness (QED) is 0.412. The Morgan fingerprint density at radius 3 is 1.75 bits per heavy atom. The number of hydrogen-bond donors (Lipinski definition) is 0. The zero-order valence-corrected chi connectivity index (χ0v) is 13.8. The van der Waals surface area contributed by atoms with E-state index in [9.17, 15) is 48.7 Å². The second-order valence-electron chi connectivity index (χ2n) is 5.35. The normalized spacial score (nSPS) is 17.7. The molecule has 2 atom stereocenters. The third-order valence-electron chi connectivity index (χ3n) is 3.21. The van der Waals surface area contributed by atoms with Crippen molar-refractivity contribution in [2.75, 3.05) is 6.61 Å². The van der Waals surface area contributed by atoms with E-state index in [1.165, 1.54) is 0 Å². The highest BCUT2D eigenvalue weighted by Gasteiger charge is 2.79. The molecule has 0 amide bonds. The molecular formula is C15H12F10O3. The van der Waals surface area contributed by atoms with Crippen molar-refractivity contribution in [3.05, 3.63) is 35.9 Å². The lowest BCUT2D eigenvalue weighted by Crippen LogP contribution is -2.64. The lowest BCUT2D eigenvalue weighted by atomic mass is 10.0. The van der Waals surface area contributed by atoms with Gasteiger partial charge in [0.25, 0.3) is 0 Å². The fourth-order valence-corrected chi connectivity index (χ4v) is 1.82. The first-order valence-electron chi connectivity index (χ1n) is 7.36. The van der Waals surface area contributed by atoms with E-state index >= 15 is 0 Å². The average molecular weight is 430 g/mol. The number of alkyl halides is 10. The van der Waals surface area contributed by atoms with Gasteiger partial charge in [0.1, 0.15) is 0 Å². The Balaban J connectivity index is 3.46. The maximum atomic E-state index is 14.3. The Labute approximate surface area is 151 Å². The van der Waals surface area contributed by atoms with Crippen LogP contribution in [-0.2, 0) is 9.47 Å². The van der Waals surface area contributed by atoms with Gasteiger partial charge in [-0.1, -0.05) is 37.3 Å². The zero-order chi connectivity index (χ0) is 22.0. The highest BCUT2D eigenvalue weighted by molar-refractivity contribution is 6.02. The van der Waals surface area contributed by atoms with Gasteiger partial charge in [-0.3, -0.25) is 9.53 Å². The van der Waals surface area contributed by atoms with Gasteiger partial charge < -0.3 is 4.74 Å². The van der Waals surface area contributed by atoms with Crippen molar-refractivity contribution < 1.29 is 58.2 Å². The molecule has 0 N–H and O–H groups in total. The number of ketones is 1. The van der Waals surface area contributed by atoms with Crippen LogP contribution in [0.3, 0.4) is 0 Å². The van der Waals surface area contributed by atoms with Crippen LogP contribution in [-0.4, -0.2) is 42.6 Å². The Bertz CT molecular complexity index is 673. The molecular weight excluding hydrogens is 418 g/mol. The summed E-state index contributed by atoms with van der Waals surface area (Å²) in [6, 6.07) is 4.12. The molecule has 0 fully saturated rings. The largest absolute Gasteiger partial charge is 0.457 e. The van der Waals surface area contributed by atoms with Crippen LogP contribution in [0.4, 0.5) is 43.9 Å². The number of Topliss-reactive ketones (excluding diaryl/α,β-unsaturated/α-hetero) is 1. The number of hydrogen-bond acceptors (Lipinski definition) is 3. The minimum Gasteiger partial charge on any atom is -0.332 e. The SMILES string of the molecule is CCCO[C@](F)(C(F)(F)F)C(F)(F)O[C@](F)(C(=O)c1ccccc1)C(F)(F)F. The molecule has 0 unspecified atom stereocenters. The summed E-state index contributed by atoms with van der Waals surface area (Å²) in [5.41, 5.74) is -1.16. The van der Waals surface area contributed by atoms with Crippen LogP contribution in [0.15, 0.2) is 30.3 Å². The van der Waals surface area contributed by atoms with Crippen molar-refractivity contribution in [2.24, 2.45) is 0 Å². The molecule has 28 heavy (non-hydrogen) atoms. The van der Waals surface area contributed by atoms with Gasteiger partial charge in [0.15, 0.2) is 0 Å². The zero-order valence-electron chi connectivity index (χ0n) is 13.8. The van der Waals surface area contributed by atoms with Crippen LogP contribution in [0.25, 0.3) is 0 Å². The summed E-state index contributed by atoms with van der Waals surface area (Å²) in [4.78, 5) is 11.8. The molecule has 0 aliphatic rings. The molecule has 0 saturated heterocycles. The Hall–Kier alpha value is -1.89. The number of ether oxygens (including phenoxy) is 2. The number of carbonyl (C=O) groups is 1. The molecule has 0 bridgehead atoms. The highest BCUT2D eigenvalue weighted by Crippen LogP contribution is 2.51. The monoisotopic (exact) mass is 430 g/mol. The summed E-state index contributed by atoms with van der Waals surface area (Å²) in [6.07, 6.45) is -20.3. The lowest BCUT2D eigenvalue weighted by molar-refractivity contribution is -0.494. The molecule has 0 aromatic heterocycles. The van der Waals surface area contributed by atoms with Gasteiger partial charge in [0, 0.05) is 5.56 Å². The Morgan fingerprint density at radius 1 is 0.857 bits per heavy atom. The third-order valence-corrected chi connectivity index (χ3v) is 3.21. The van der Waals surface area contributed by atoms with E-state index in [1.807, 2.05) is 0 Å². The summed E-state index contributed by atoms with van der Waals surface area (Å²) in [5.74, 6) is -15.0. The number of carbonyl (C=O) groups excluding carboxylic acids is 1.